The molecule has 0 fully saturated rings. The summed E-state index contributed by atoms with van der Waals surface area (Å²) >= 11 is 0. The zero-order valence-electron chi connectivity index (χ0n) is 22.0. The van der Waals surface area contributed by atoms with Crippen LogP contribution in [0.15, 0.2) is 144 Å². The molecule has 4 nitrogen and oxygen atoms in total. The van der Waals surface area contributed by atoms with Gasteiger partial charge in [-0.2, -0.15) is 0 Å². The Kier molecular flexibility index (Phi) is 5.42. The Hall–Kier alpha value is -5.61. The fraction of sp³-hybridized carbons (Fsp3) is 0. The highest BCUT2D eigenvalue weighted by molar-refractivity contribution is 6.21. The number of nitrogens with zero attached hydrogens (tertiary/aromatic N) is 3. The molecule has 192 valence electrons. The number of rotatable bonds is 4. The molecule has 0 spiro atoms. The molecule has 0 aliphatic rings. The maximum Gasteiger partial charge on any atom is 0.248 e. The largest absolute Gasteiger partial charge is 0.416 e. The van der Waals surface area contributed by atoms with Gasteiger partial charge in [0.05, 0.1) is 5.69 Å². The normalized spacial score (nSPS) is 11.4. The van der Waals surface area contributed by atoms with E-state index in [1.807, 2.05) is 36.5 Å². The first-order valence-electron chi connectivity index (χ1n) is 13.6. The van der Waals surface area contributed by atoms with Crippen LogP contribution in [0.4, 0.5) is 0 Å². The molecule has 0 atom stereocenters. The first-order chi connectivity index (χ1) is 20.3. The van der Waals surface area contributed by atoms with Gasteiger partial charge in [0, 0.05) is 28.3 Å². The Balaban J connectivity index is 1.29. The lowest BCUT2D eigenvalue weighted by Gasteiger charge is -2.17. The minimum Gasteiger partial charge on any atom is -0.416 e. The van der Waals surface area contributed by atoms with E-state index in [1.165, 1.54) is 32.5 Å². The van der Waals surface area contributed by atoms with Crippen LogP contribution in [0.25, 0.3) is 77.6 Å². The van der Waals surface area contributed by atoms with Crippen LogP contribution in [-0.2, 0) is 0 Å². The van der Waals surface area contributed by atoms with Crippen LogP contribution in [0, 0.1) is 0 Å². The average Bonchev–Trinajstić information content (AvgIpc) is 3.54. The molecular weight excluding hydrogens is 502 g/mol. The number of hydrogen-bond acceptors (Lipinski definition) is 4. The number of aromatic nitrogens is 3. The third-order valence-electron chi connectivity index (χ3n) is 7.68. The molecule has 0 aliphatic carbocycles. The smallest absolute Gasteiger partial charge is 0.248 e. The van der Waals surface area contributed by atoms with E-state index in [-0.39, 0.29) is 0 Å². The Bertz CT molecular complexity index is 2140. The second-order valence-electron chi connectivity index (χ2n) is 10.1. The Labute approximate surface area is 236 Å². The molecule has 6 aromatic carbocycles. The molecule has 41 heavy (non-hydrogen) atoms. The van der Waals surface area contributed by atoms with Crippen molar-refractivity contribution in [3.63, 3.8) is 0 Å². The van der Waals surface area contributed by atoms with Crippen LogP contribution < -0.4 is 0 Å². The quantitative estimate of drug-likeness (QED) is 0.215. The monoisotopic (exact) mass is 525 g/mol. The van der Waals surface area contributed by atoms with E-state index < -0.39 is 0 Å². The van der Waals surface area contributed by atoms with Gasteiger partial charge in [0.1, 0.15) is 0 Å². The van der Waals surface area contributed by atoms with Crippen molar-refractivity contribution >= 4 is 32.3 Å². The maximum atomic E-state index is 6.01. The van der Waals surface area contributed by atoms with E-state index in [0.717, 1.165) is 33.3 Å². The van der Waals surface area contributed by atoms with Crippen molar-refractivity contribution in [1.29, 1.82) is 0 Å². The number of fused-ring (bicyclic) bond motifs is 3. The molecule has 4 heteroatoms. The summed E-state index contributed by atoms with van der Waals surface area (Å²) in [6, 6.07) is 46.0. The summed E-state index contributed by atoms with van der Waals surface area (Å²) in [4.78, 5) is 4.93. The highest BCUT2D eigenvalue weighted by Crippen LogP contribution is 2.43. The molecule has 0 N–H and O–H groups in total. The van der Waals surface area contributed by atoms with E-state index in [0.29, 0.717) is 11.8 Å². The van der Waals surface area contributed by atoms with Gasteiger partial charge in [-0.1, -0.05) is 103 Å². The standard InChI is InChI=1S/C37H23N3O/c1-2-10-25(11-3-1)36-39-40-37(41-36)26-20-18-24(19-21-26)34-29-14-6-8-16-31(29)35(32-17-9-7-15-30(32)34)33-22-27-12-4-5-13-28(27)23-38-33/h1-23H. The molecule has 2 aromatic heterocycles. The maximum absolute atomic E-state index is 6.01. The lowest BCUT2D eigenvalue weighted by atomic mass is 9.87. The fourth-order valence-corrected chi connectivity index (χ4v) is 5.75. The zero-order chi connectivity index (χ0) is 27.2. The second-order valence-corrected chi connectivity index (χ2v) is 10.1. The number of pyridine rings is 1. The van der Waals surface area contributed by atoms with Gasteiger partial charge < -0.3 is 4.42 Å². The zero-order valence-corrected chi connectivity index (χ0v) is 22.0. The Morgan fingerprint density at radius 2 is 0.902 bits per heavy atom. The lowest BCUT2D eigenvalue weighted by Crippen LogP contribution is -1.92. The molecule has 2 heterocycles. The van der Waals surface area contributed by atoms with Crippen molar-refractivity contribution < 1.29 is 4.42 Å². The summed E-state index contributed by atoms with van der Waals surface area (Å²) in [5.41, 5.74) is 6.24. The minimum absolute atomic E-state index is 0.503. The van der Waals surface area contributed by atoms with Crippen molar-refractivity contribution in [3.05, 3.63) is 140 Å². The minimum atomic E-state index is 0.503. The lowest BCUT2D eigenvalue weighted by molar-refractivity contribution is 0.584. The number of benzene rings is 6. The van der Waals surface area contributed by atoms with E-state index in [2.05, 4.69) is 113 Å². The van der Waals surface area contributed by atoms with E-state index >= 15 is 0 Å². The van der Waals surface area contributed by atoms with Gasteiger partial charge in [0.15, 0.2) is 0 Å². The summed E-state index contributed by atoms with van der Waals surface area (Å²) in [6.45, 7) is 0. The number of hydrogen-bond donors (Lipinski definition) is 0. The van der Waals surface area contributed by atoms with Gasteiger partial charge in [-0.25, -0.2) is 0 Å². The summed E-state index contributed by atoms with van der Waals surface area (Å²) in [7, 11) is 0. The van der Waals surface area contributed by atoms with E-state index in [1.54, 1.807) is 0 Å². The Morgan fingerprint density at radius 1 is 0.415 bits per heavy atom. The molecule has 0 unspecified atom stereocenters. The molecule has 0 bridgehead atoms. The Morgan fingerprint density at radius 3 is 1.54 bits per heavy atom. The van der Waals surface area contributed by atoms with Crippen molar-refractivity contribution in [2.75, 3.05) is 0 Å². The second kappa shape index (κ2) is 9.54. The highest BCUT2D eigenvalue weighted by Gasteiger charge is 2.18. The third-order valence-corrected chi connectivity index (χ3v) is 7.68. The van der Waals surface area contributed by atoms with Crippen LogP contribution >= 0.6 is 0 Å². The van der Waals surface area contributed by atoms with Crippen LogP contribution in [0.2, 0.25) is 0 Å². The topological polar surface area (TPSA) is 51.8 Å². The van der Waals surface area contributed by atoms with Crippen molar-refractivity contribution in [2.45, 2.75) is 0 Å². The van der Waals surface area contributed by atoms with Gasteiger partial charge in [0.25, 0.3) is 0 Å². The highest BCUT2D eigenvalue weighted by atomic mass is 16.4. The summed E-state index contributed by atoms with van der Waals surface area (Å²) in [5.74, 6) is 1.02. The van der Waals surface area contributed by atoms with Crippen LogP contribution in [0.3, 0.4) is 0 Å². The van der Waals surface area contributed by atoms with E-state index in [4.69, 9.17) is 9.40 Å². The molecule has 0 saturated carbocycles. The van der Waals surface area contributed by atoms with Gasteiger partial charge in [-0.15, -0.1) is 10.2 Å². The molecular formula is C37H23N3O. The fourth-order valence-electron chi connectivity index (χ4n) is 5.75. The van der Waals surface area contributed by atoms with Gasteiger partial charge in [0.2, 0.25) is 11.8 Å². The van der Waals surface area contributed by atoms with Crippen molar-refractivity contribution in [3.8, 4) is 45.3 Å². The van der Waals surface area contributed by atoms with Gasteiger partial charge in [-0.3, -0.25) is 4.98 Å². The average molecular weight is 526 g/mol. The van der Waals surface area contributed by atoms with Gasteiger partial charge >= 0.3 is 0 Å². The first-order valence-corrected chi connectivity index (χ1v) is 13.6. The molecule has 0 saturated heterocycles. The van der Waals surface area contributed by atoms with Crippen LogP contribution in [-0.4, -0.2) is 15.2 Å². The summed E-state index contributed by atoms with van der Waals surface area (Å²) < 4.78 is 6.01. The molecule has 0 radical (unpaired) electrons. The van der Waals surface area contributed by atoms with Crippen molar-refractivity contribution in [2.24, 2.45) is 0 Å². The van der Waals surface area contributed by atoms with Gasteiger partial charge in [-0.05, 0) is 68.4 Å². The first kappa shape index (κ1) is 23.3. The van der Waals surface area contributed by atoms with E-state index in [9.17, 15) is 0 Å². The summed E-state index contributed by atoms with van der Waals surface area (Å²) in [6.07, 6.45) is 1.97. The molecule has 8 rings (SSSR count). The predicted octanol–water partition coefficient (Wildman–Crippen LogP) is 9.59. The van der Waals surface area contributed by atoms with Crippen molar-refractivity contribution in [1.82, 2.24) is 15.2 Å². The third kappa shape index (κ3) is 3.97. The van der Waals surface area contributed by atoms with Crippen LogP contribution in [0.5, 0.6) is 0 Å². The van der Waals surface area contributed by atoms with Crippen LogP contribution in [0.1, 0.15) is 0 Å². The molecule has 0 aliphatic heterocycles. The predicted molar refractivity (Wildman–Crippen MR) is 166 cm³/mol. The SMILES string of the molecule is c1ccc(-c2nnc(-c3ccc(-c4c5ccccc5c(-c5cc6ccccc6cn5)c5ccccc45)cc3)o2)cc1. The summed E-state index contributed by atoms with van der Waals surface area (Å²) in [5, 5.41) is 15.6. The molecule has 8 aromatic rings. The molecule has 0 amide bonds.